The molecule has 2 aromatic carbocycles. The number of nitrogens with zero attached hydrogens (tertiary/aromatic N) is 1. The van der Waals surface area contributed by atoms with Gasteiger partial charge in [-0.3, -0.25) is 14.5 Å². The molecule has 4 rings (SSSR count). The van der Waals surface area contributed by atoms with E-state index in [1.165, 1.54) is 19.1 Å². The van der Waals surface area contributed by atoms with Crippen LogP contribution in [0.1, 0.15) is 52.3 Å². The van der Waals surface area contributed by atoms with E-state index in [0.29, 0.717) is 22.6 Å². The van der Waals surface area contributed by atoms with Crippen molar-refractivity contribution in [2.45, 2.75) is 32.0 Å². The molecule has 1 fully saturated rings. The lowest BCUT2D eigenvalue weighted by Crippen LogP contribution is -2.43. The van der Waals surface area contributed by atoms with Crippen molar-refractivity contribution >= 4 is 29.4 Å². The molecule has 2 atom stereocenters. The van der Waals surface area contributed by atoms with Gasteiger partial charge in [0.25, 0.3) is 0 Å². The largest absolute Gasteiger partial charge is 0.493 e. The number of methoxy groups -OCH3 is 2. The topological polar surface area (TPSA) is 120 Å². The molecule has 34 heavy (non-hydrogen) atoms. The van der Waals surface area contributed by atoms with Crippen molar-refractivity contribution in [1.82, 2.24) is 4.90 Å². The summed E-state index contributed by atoms with van der Waals surface area (Å²) in [5.41, 5.74) is 1.40. The highest BCUT2D eigenvalue weighted by Crippen LogP contribution is 2.45. The van der Waals surface area contributed by atoms with Crippen LogP contribution in [0, 0.1) is 0 Å². The second-order valence-corrected chi connectivity index (χ2v) is 7.67. The second-order valence-electron chi connectivity index (χ2n) is 7.67. The Morgan fingerprint density at radius 2 is 1.82 bits per heavy atom. The molecule has 2 amide bonds. The number of carbonyl (C=O) groups excluding carboxylic acids is 4. The van der Waals surface area contributed by atoms with E-state index in [-0.39, 0.29) is 36.7 Å². The standard InChI is InChI=1S/C24H24N2O8/c1-4-33-23(29)13-5-7-14(8-6-13)25-21(28)16-10-12-18(27)26(16)22-15-9-11-17(31-2)20(32-3)19(15)24(30)34-22/h5-9,11,16,22H,4,10,12H2,1-3H3,(H,25,28)/t16-,22?/m0/s1. The third-order valence-electron chi connectivity index (χ3n) is 5.74. The average Bonchev–Trinajstić information content (AvgIpc) is 3.38. The third-order valence-corrected chi connectivity index (χ3v) is 5.74. The fourth-order valence-electron chi connectivity index (χ4n) is 4.17. The van der Waals surface area contributed by atoms with E-state index in [1.54, 1.807) is 43.3 Å². The van der Waals surface area contributed by atoms with Crippen LogP contribution in [0.4, 0.5) is 5.69 Å². The zero-order chi connectivity index (χ0) is 24.4. The second kappa shape index (κ2) is 9.42. The molecule has 1 N–H and O–H groups in total. The molecule has 0 aromatic heterocycles. The van der Waals surface area contributed by atoms with Crippen LogP contribution in [-0.2, 0) is 19.1 Å². The molecule has 2 aromatic rings. The monoisotopic (exact) mass is 468 g/mol. The van der Waals surface area contributed by atoms with Gasteiger partial charge in [-0.2, -0.15) is 0 Å². The number of anilines is 1. The molecule has 0 radical (unpaired) electrons. The number of amides is 2. The highest BCUT2D eigenvalue weighted by molar-refractivity contribution is 6.01. The van der Waals surface area contributed by atoms with Crippen molar-refractivity contribution in [3.63, 3.8) is 0 Å². The Bertz CT molecular complexity index is 1140. The normalized spacial score (nSPS) is 18.9. The smallest absolute Gasteiger partial charge is 0.344 e. The summed E-state index contributed by atoms with van der Waals surface area (Å²) in [6.07, 6.45) is -0.655. The van der Waals surface area contributed by atoms with E-state index in [4.69, 9.17) is 18.9 Å². The number of cyclic esters (lactones) is 1. The molecule has 0 saturated carbocycles. The van der Waals surface area contributed by atoms with Crippen molar-refractivity contribution in [1.29, 1.82) is 0 Å². The minimum atomic E-state index is -1.06. The molecule has 10 nitrogen and oxygen atoms in total. The maximum atomic E-state index is 13.1. The summed E-state index contributed by atoms with van der Waals surface area (Å²) in [5, 5.41) is 2.76. The van der Waals surface area contributed by atoms with E-state index in [1.807, 2.05) is 0 Å². The van der Waals surface area contributed by atoms with Gasteiger partial charge in [0.05, 0.1) is 26.4 Å². The predicted octanol–water partition coefficient (Wildman–Crippen LogP) is 2.68. The Kier molecular flexibility index (Phi) is 6.40. The summed E-state index contributed by atoms with van der Waals surface area (Å²) >= 11 is 0. The number of fused-ring (bicyclic) bond motifs is 1. The molecule has 1 saturated heterocycles. The number of hydrogen-bond acceptors (Lipinski definition) is 8. The average molecular weight is 468 g/mol. The number of nitrogens with one attached hydrogen (secondary N) is 1. The molecule has 2 aliphatic heterocycles. The maximum Gasteiger partial charge on any atom is 0.344 e. The van der Waals surface area contributed by atoms with Crippen LogP contribution in [0.2, 0.25) is 0 Å². The highest BCUT2D eigenvalue weighted by Gasteiger charge is 2.47. The molecular weight excluding hydrogens is 444 g/mol. The van der Waals surface area contributed by atoms with Gasteiger partial charge in [0, 0.05) is 17.7 Å². The first-order valence-electron chi connectivity index (χ1n) is 10.7. The maximum absolute atomic E-state index is 13.1. The van der Waals surface area contributed by atoms with Crippen molar-refractivity contribution in [3.8, 4) is 11.5 Å². The van der Waals surface area contributed by atoms with E-state index in [9.17, 15) is 19.2 Å². The lowest BCUT2D eigenvalue weighted by atomic mass is 10.0. The number of hydrogen-bond donors (Lipinski definition) is 1. The quantitative estimate of drug-likeness (QED) is 0.616. The SMILES string of the molecule is CCOC(=O)c1ccc(NC(=O)[C@@H]2CCC(=O)N2C2OC(=O)c3c2ccc(OC)c3OC)cc1. The predicted molar refractivity (Wildman–Crippen MR) is 119 cm³/mol. The van der Waals surface area contributed by atoms with Gasteiger partial charge in [0.1, 0.15) is 11.6 Å². The molecule has 2 heterocycles. The number of carbonyl (C=O) groups is 4. The van der Waals surface area contributed by atoms with E-state index in [2.05, 4.69) is 5.32 Å². The van der Waals surface area contributed by atoms with Gasteiger partial charge in [-0.25, -0.2) is 9.59 Å². The molecule has 0 spiro atoms. The van der Waals surface area contributed by atoms with Crippen LogP contribution in [-0.4, -0.2) is 55.5 Å². The van der Waals surface area contributed by atoms with Crippen LogP contribution in [0.15, 0.2) is 36.4 Å². The first-order valence-corrected chi connectivity index (χ1v) is 10.7. The number of likely N-dealkylation sites (tertiary alicyclic amines) is 1. The number of ether oxygens (including phenoxy) is 4. The fourth-order valence-corrected chi connectivity index (χ4v) is 4.17. The fraction of sp³-hybridized carbons (Fsp3) is 0.333. The molecule has 0 bridgehead atoms. The summed E-state index contributed by atoms with van der Waals surface area (Å²) in [6, 6.07) is 8.63. The molecule has 10 heteroatoms. The molecule has 178 valence electrons. The van der Waals surface area contributed by atoms with Gasteiger partial charge < -0.3 is 24.3 Å². The first kappa shape index (κ1) is 23.1. The van der Waals surface area contributed by atoms with Crippen molar-refractivity contribution < 1.29 is 38.1 Å². The lowest BCUT2D eigenvalue weighted by molar-refractivity contribution is -0.144. The van der Waals surface area contributed by atoms with Gasteiger partial charge in [-0.15, -0.1) is 0 Å². The summed E-state index contributed by atoms with van der Waals surface area (Å²) in [4.78, 5) is 51.6. The van der Waals surface area contributed by atoms with Crippen LogP contribution < -0.4 is 14.8 Å². The summed E-state index contributed by atoms with van der Waals surface area (Å²) < 4.78 is 21.1. The first-order chi connectivity index (χ1) is 16.4. The highest BCUT2D eigenvalue weighted by atomic mass is 16.6. The lowest BCUT2D eigenvalue weighted by Gasteiger charge is -2.29. The molecule has 2 aliphatic rings. The van der Waals surface area contributed by atoms with Crippen molar-refractivity contribution in [2.75, 3.05) is 26.1 Å². The van der Waals surface area contributed by atoms with Crippen LogP contribution in [0.5, 0.6) is 11.5 Å². The van der Waals surface area contributed by atoms with Crippen LogP contribution in [0.3, 0.4) is 0 Å². The minimum Gasteiger partial charge on any atom is -0.493 e. The van der Waals surface area contributed by atoms with Crippen LogP contribution in [0.25, 0.3) is 0 Å². The van der Waals surface area contributed by atoms with Crippen LogP contribution >= 0.6 is 0 Å². The molecular formula is C24H24N2O8. The zero-order valence-electron chi connectivity index (χ0n) is 19.0. The van der Waals surface area contributed by atoms with Gasteiger partial charge in [-0.05, 0) is 49.7 Å². The summed E-state index contributed by atoms with van der Waals surface area (Å²) in [5.74, 6) is -1.29. The number of esters is 2. The third kappa shape index (κ3) is 4.02. The summed E-state index contributed by atoms with van der Waals surface area (Å²) in [7, 11) is 2.86. The van der Waals surface area contributed by atoms with Crippen molar-refractivity contribution in [3.05, 3.63) is 53.1 Å². The Labute approximate surface area is 195 Å². The van der Waals surface area contributed by atoms with Gasteiger partial charge in [0.2, 0.25) is 18.0 Å². The van der Waals surface area contributed by atoms with Gasteiger partial charge >= 0.3 is 11.9 Å². The zero-order valence-corrected chi connectivity index (χ0v) is 19.0. The Morgan fingerprint density at radius 3 is 2.47 bits per heavy atom. The summed E-state index contributed by atoms with van der Waals surface area (Å²) in [6.45, 7) is 1.98. The van der Waals surface area contributed by atoms with E-state index >= 15 is 0 Å². The number of rotatable bonds is 7. The number of benzene rings is 2. The molecule has 1 unspecified atom stereocenters. The van der Waals surface area contributed by atoms with Gasteiger partial charge in [0.15, 0.2) is 11.5 Å². The van der Waals surface area contributed by atoms with Gasteiger partial charge in [-0.1, -0.05) is 0 Å². The van der Waals surface area contributed by atoms with E-state index in [0.717, 1.165) is 0 Å². The molecule has 0 aliphatic carbocycles. The van der Waals surface area contributed by atoms with Crippen molar-refractivity contribution in [2.24, 2.45) is 0 Å². The Morgan fingerprint density at radius 1 is 1.09 bits per heavy atom. The Hall–Kier alpha value is -4.08. The minimum absolute atomic E-state index is 0.135. The van der Waals surface area contributed by atoms with E-state index < -0.39 is 30.1 Å². The Balaban J connectivity index is 1.56.